The lowest BCUT2D eigenvalue weighted by molar-refractivity contribution is 0.0665. The van der Waals surface area contributed by atoms with E-state index < -0.39 is 5.97 Å². The molecule has 0 spiro atoms. The number of carboxylic acids is 1. The summed E-state index contributed by atoms with van der Waals surface area (Å²) in [6.07, 6.45) is 1.71. The number of furan rings is 1. The summed E-state index contributed by atoms with van der Waals surface area (Å²) in [5.74, 6) is -1.65. The van der Waals surface area contributed by atoms with Gasteiger partial charge in [-0.1, -0.05) is 18.2 Å². The van der Waals surface area contributed by atoms with Crippen LogP contribution in [-0.2, 0) is 0 Å². The highest BCUT2D eigenvalue weighted by molar-refractivity contribution is 6.04. The lowest BCUT2D eigenvalue weighted by Gasteiger charge is -2.03. The number of para-hydroxylation sites is 1. The number of amides is 1. The quantitative estimate of drug-likeness (QED) is 0.588. The van der Waals surface area contributed by atoms with Crippen molar-refractivity contribution in [1.82, 2.24) is 9.78 Å². The molecule has 7 heteroatoms. The van der Waals surface area contributed by atoms with Crippen LogP contribution in [0, 0.1) is 0 Å². The Morgan fingerprint density at radius 3 is 2.62 bits per heavy atom. The van der Waals surface area contributed by atoms with E-state index in [0.29, 0.717) is 16.7 Å². The zero-order valence-corrected chi connectivity index (χ0v) is 13.4. The lowest BCUT2D eigenvalue weighted by atomic mass is 10.2. The zero-order chi connectivity index (χ0) is 18.1. The van der Waals surface area contributed by atoms with Crippen LogP contribution >= 0.6 is 0 Å². The van der Waals surface area contributed by atoms with Gasteiger partial charge in [-0.25, -0.2) is 9.48 Å². The molecule has 0 unspecified atom stereocenters. The van der Waals surface area contributed by atoms with Gasteiger partial charge in [0.2, 0.25) is 5.76 Å². The second-order valence-corrected chi connectivity index (χ2v) is 5.60. The summed E-state index contributed by atoms with van der Waals surface area (Å²) in [4.78, 5) is 23.4. The molecule has 0 saturated carbocycles. The molecule has 128 valence electrons. The topological polar surface area (TPSA) is 97.4 Å². The number of carboxylic acid groups (broad SMARTS) is 1. The number of rotatable bonds is 4. The Morgan fingerprint density at radius 2 is 1.85 bits per heavy atom. The predicted octanol–water partition coefficient (Wildman–Crippen LogP) is 3.57. The summed E-state index contributed by atoms with van der Waals surface area (Å²) in [6.45, 7) is 0. The fourth-order valence-corrected chi connectivity index (χ4v) is 2.59. The molecule has 0 aliphatic carbocycles. The molecule has 26 heavy (non-hydrogen) atoms. The summed E-state index contributed by atoms with van der Waals surface area (Å²) >= 11 is 0. The number of carbonyl (C=O) groups is 2. The Bertz CT molecular complexity index is 1110. The Labute approximate surface area is 147 Å². The van der Waals surface area contributed by atoms with Gasteiger partial charge in [-0.15, -0.1) is 0 Å². The van der Waals surface area contributed by atoms with Crippen molar-refractivity contribution < 1.29 is 19.1 Å². The summed E-state index contributed by atoms with van der Waals surface area (Å²) in [6, 6.07) is 17.4. The van der Waals surface area contributed by atoms with Gasteiger partial charge in [-0.3, -0.25) is 4.79 Å². The molecule has 0 saturated heterocycles. The summed E-state index contributed by atoms with van der Waals surface area (Å²) < 4.78 is 6.82. The van der Waals surface area contributed by atoms with E-state index in [1.165, 1.54) is 6.07 Å². The molecule has 1 amide bonds. The van der Waals surface area contributed by atoms with Gasteiger partial charge in [0.25, 0.3) is 5.91 Å². The van der Waals surface area contributed by atoms with Gasteiger partial charge in [-0.2, -0.15) is 5.10 Å². The van der Waals surface area contributed by atoms with Gasteiger partial charge in [0.05, 0.1) is 5.69 Å². The van der Waals surface area contributed by atoms with Crippen molar-refractivity contribution in [2.24, 2.45) is 0 Å². The van der Waals surface area contributed by atoms with Crippen LogP contribution in [0.3, 0.4) is 0 Å². The average molecular weight is 347 g/mol. The number of hydrogen-bond donors (Lipinski definition) is 2. The van der Waals surface area contributed by atoms with Crippen molar-refractivity contribution in [3.63, 3.8) is 0 Å². The van der Waals surface area contributed by atoms with E-state index in [9.17, 15) is 9.59 Å². The second-order valence-electron chi connectivity index (χ2n) is 5.60. The molecule has 0 bridgehead atoms. The number of fused-ring (bicyclic) bond motifs is 1. The third kappa shape index (κ3) is 2.93. The fraction of sp³-hybridized carbons (Fsp3) is 0. The maximum Gasteiger partial charge on any atom is 0.371 e. The van der Waals surface area contributed by atoms with Crippen LogP contribution in [0.2, 0.25) is 0 Å². The zero-order valence-electron chi connectivity index (χ0n) is 13.4. The standard InChI is InChI=1S/C19H13N3O4/c23-18(15-8-9-22(21-15)14-4-2-1-3-5-14)20-13-6-7-16-12(10-13)11-17(26-16)19(24)25/h1-11H,(H,20,23)(H,24,25). The number of hydrogen-bond acceptors (Lipinski definition) is 4. The summed E-state index contributed by atoms with van der Waals surface area (Å²) in [7, 11) is 0. The van der Waals surface area contributed by atoms with Gasteiger partial charge < -0.3 is 14.8 Å². The molecule has 2 aromatic carbocycles. The molecule has 0 radical (unpaired) electrons. The van der Waals surface area contributed by atoms with Crippen LogP contribution in [0.1, 0.15) is 21.0 Å². The Morgan fingerprint density at radius 1 is 1.04 bits per heavy atom. The van der Waals surface area contributed by atoms with Crippen LogP contribution in [0.15, 0.2) is 71.3 Å². The SMILES string of the molecule is O=C(Nc1ccc2oc(C(=O)O)cc2c1)c1ccn(-c2ccccc2)n1. The van der Waals surface area contributed by atoms with E-state index >= 15 is 0 Å². The molecule has 4 aromatic rings. The van der Waals surface area contributed by atoms with E-state index in [2.05, 4.69) is 10.4 Å². The summed E-state index contributed by atoms with van der Waals surface area (Å²) in [5.41, 5.74) is 2.09. The normalized spacial score (nSPS) is 10.8. The van der Waals surface area contributed by atoms with Crippen molar-refractivity contribution in [1.29, 1.82) is 0 Å². The molecule has 0 fully saturated rings. The number of aromatic carboxylic acids is 1. The Balaban J connectivity index is 1.55. The maximum absolute atomic E-state index is 12.4. The average Bonchev–Trinajstić information content (AvgIpc) is 3.29. The molecular formula is C19H13N3O4. The van der Waals surface area contributed by atoms with E-state index in [1.807, 2.05) is 30.3 Å². The second kappa shape index (κ2) is 6.21. The predicted molar refractivity (Wildman–Crippen MR) is 94.7 cm³/mol. The monoisotopic (exact) mass is 347 g/mol. The first-order chi connectivity index (χ1) is 12.6. The molecule has 0 atom stereocenters. The van der Waals surface area contributed by atoms with Crippen LogP contribution in [-0.4, -0.2) is 26.8 Å². The van der Waals surface area contributed by atoms with Crippen molar-refractivity contribution >= 4 is 28.5 Å². The lowest BCUT2D eigenvalue weighted by Crippen LogP contribution is -2.13. The van der Waals surface area contributed by atoms with E-state index in [1.54, 1.807) is 35.1 Å². The minimum Gasteiger partial charge on any atom is -0.475 e. The van der Waals surface area contributed by atoms with Gasteiger partial charge in [0.1, 0.15) is 5.58 Å². The molecule has 7 nitrogen and oxygen atoms in total. The highest BCUT2D eigenvalue weighted by atomic mass is 16.4. The van der Waals surface area contributed by atoms with Crippen molar-refractivity contribution in [3.8, 4) is 5.69 Å². The summed E-state index contributed by atoms with van der Waals surface area (Å²) in [5, 5.41) is 16.6. The van der Waals surface area contributed by atoms with Crippen LogP contribution in [0.25, 0.3) is 16.7 Å². The molecule has 4 rings (SSSR count). The number of nitrogens with zero attached hydrogens (tertiary/aromatic N) is 2. The van der Waals surface area contributed by atoms with Gasteiger partial charge in [0, 0.05) is 17.3 Å². The van der Waals surface area contributed by atoms with Gasteiger partial charge in [-0.05, 0) is 42.5 Å². The molecule has 2 heterocycles. The molecule has 2 aromatic heterocycles. The first-order valence-corrected chi connectivity index (χ1v) is 7.79. The maximum atomic E-state index is 12.4. The number of nitrogens with one attached hydrogen (secondary N) is 1. The van der Waals surface area contributed by atoms with E-state index in [4.69, 9.17) is 9.52 Å². The van der Waals surface area contributed by atoms with Crippen molar-refractivity contribution in [2.75, 3.05) is 5.32 Å². The fourth-order valence-electron chi connectivity index (χ4n) is 2.59. The van der Waals surface area contributed by atoms with Crippen LogP contribution in [0.4, 0.5) is 5.69 Å². The third-order valence-corrected chi connectivity index (χ3v) is 3.83. The number of carbonyl (C=O) groups excluding carboxylic acids is 1. The third-order valence-electron chi connectivity index (χ3n) is 3.83. The van der Waals surface area contributed by atoms with E-state index in [-0.39, 0.29) is 17.4 Å². The highest BCUT2D eigenvalue weighted by Crippen LogP contribution is 2.23. The largest absolute Gasteiger partial charge is 0.475 e. The Hall–Kier alpha value is -3.87. The molecule has 2 N–H and O–H groups in total. The van der Waals surface area contributed by atoms with Crippen molar-refractivity contribution in [2.45, 2.75) is 0 Å². The first kappa shape index (κ1) is 15.6. The van der Waals surface area contributed by atoms with Gasteiger partial charge in [0.15, 0.2) is 5.69 Å². The highest BCUT2D eigenvalue weighted by Gasteiger charge is 2.13. The first-order valence-electron chi connectivity index (χ1n) is 7.79. The van der Waals surface area contributed by atoms with Crippen molar-refractivity contribution in [3.05, 3.63) is 78.3 Å². The van der Waals surface area contributed by atoms with Crippen LogP contribution < -0.4 is 5.32 Å². The number of aromatic nitrogens is 2. The van der Waals surface area contributed by atoms with E-state index in [0.717, 1.165) is 5.69 Å². The number of benzene rings is 2. The number of anilines is 1. The molecule has 0 aliphatic rings. The minimum absolute atomic E-state index is 0.148. The van der Waals surface area contributed by atoms with Crippen LogP contribution in [0.5, 0.6) is 0 Å². The molecular weight excluding hydrogens is 334 g/mol. The Kier molecular flexibility index (Phi) is 3.74. The van der Waals surface area contributed by atoms with Gasteiger partial charge >= 0.3 is 5.97 Å². The smallest absolute Gasteiger partial charge is 0.371 e. The minimum atomic E-state index is -1.14. The molecule has 0 aliphatic heterocycles.